The highest BCUT2D eigenvalue weighted by molar-refractivity contribution is 5.94. The Labute approximate surface area is 158 Å². The zero-order valence-corrected chi connectivity index (χ0v) is 15.2. The average molecular weight is 404 g/mol. The first-order valence-electron chi connectivity index (χ1n) is 8.39. The minimum absolute atomic E-state index is 0.294. The number of fused-ring (bicyclic) bond motifs is 1. The van der Waals surface area contributed by atoms with Crippen molar-refractivity contribution in [3.8, 4) is 11.5 Å². The molecule has 0 aliphatic rings. The molecular formula is C20H18F6O2. The van der Waals surface area contributed by atoms with Gasteiger partial charge in [-0.1, -0.05) is 0 Å². The molecule has 0 aliphatic heterocycles. The van der Waals surface area contributed by atoms with Crippen LogP contribution in [-0.2, 0) is 0 Å². The van der Waals surface area contributed by atoms with E-state index in [-0.39, 0.29) is 13.2 Å². The van der Waals surface area contributed by atoms with Gasteiger partial charge in [-0.05, 0) is 49.2 Å². The molecule has 0 amide bonds. The van der Waals surface area contributed by atoms with E-state index in [9.17, 15) is 26.3 Å². The standard InChI is InChI=1S/C20H18F6O2/c1-11-7-13-14(17(9-11)27-5-3-15(21)19(23)24)8-12(2)10-18(13)28-6-4-16(22)20(25)26/h7-10H,3-6H2,1-2H3. The minimum Gasteiger partial charge on any atom is -0.492 e. The third-order valence-electron chi connectivity index (χ3n) is 3.85. The van der Waals surface area contributed by atoms with Gasteiger partial charge in [0.25, 0.3) is 0 Å². The Morgan fingerprint density at radius 1 is 0.643 bits per heavy atom. The van der Waals surface area contributed by atoms with Gasteiger partial charge in [-0.25, -0.2) is 8.78 Å². The summed E-state index contributed by atoms with van der Waals surface area (Å²) in [7, 11) is 0. The molecule has 0 fully saturated rings. The highest BCUT2D eigenvalue weighted by Crippen LogP contribution is 2.35. The van der Waals surface area contributed by atoms with Gasteiger partial charge < -0.3 is 9.47 Å². The van der Waals surface area contributed by atoms with Crippen molar-refractivity contribution in [1.82, 2.24) is 0 Å². The van der Waals surface area contributed by atoms with E-state index < -0.39 is 36.7 Å². The molecule has 0 aromatic heterocycles. The van der Waals surface area contributed by atoms with Gasteiger partial charge in [0, 0.05) is 23.6 Å². The number of rotatable bonds is 8. The van der Waals surface area contributed by atoms with Gasteiger partial charge in [-0.3, -0.25) is 0 Å². The first-order valence-corrected chi connectivity index (χ1v) is 8.39. The minimum atomic E-state index is -2.38. The Balaban J connectivity index is 2.29. The van der Waals surface area contributed by atoms with Crippen LogP contribution >= 0.6 is 0 Å². The lowest BCUT2D eigenvalue weighted by atomic mass is 10.0. The summed E-state index contributed by atoms with van der Waals surface area (Å²) < 4.78 is 85.5. The maximum Gasteiger partial charge on any atom is 0.301 e. The predicted molar refractivity (Wildman–Crippen MR) is 94.3 cm³/mol. The predicted octanol–water partition coefficient (Wildman–Crippen LogP) is 7.15. The second-order valence-corrected chi connectivity index (χ2v) is 6.15. The highest BCUT2D eigenvalue weighted by atomic mass is 19.3. The van der Waals surface area contributed by atoms with E-state index in [1.54, 1.807) is 38.1 Å². The Morgan fingerprint density at radius 2 is 1.00 bits per heavy atom. The zero-order valence-electron chi connectivity index (χ0n) is 15.2. The van der Waals surface area contributed by atoms with Crippen LogP contribution < -0.4 is 9.47 Å². The lowest BCUT2D eigenvalue weighted by Gasteiger charge is -2.15. The van der Waals surface area contributed by atoms with Crippen LogP contribution in [0, 0.1) is 13.8 Å². The molecule has 0 saturated heterocycles. The molecule has 0 atom stereocenters. The number of halogens is 6. The van der Waals surface area contributed by atoms with Gasteiger partial charge in [0.1, 0.15) is 11.5 Å². The van der Waals surface area contributed by atoms with E-state index in [4.69, 9.17) is 9.47 Å². The van der Waals surface area contributed by atoms with Crippen molar-refractivity contribution in [2.24, 2.45) is 0 Å². The molecule has 28 heavy (non-hydrogen) atoms. The second kappa shape index (κ2) is 9.52. The quantitative estimate of drug-likeness (QED) is 0.435. The highest BCUT2D eigenvalue weighted by Gasteiger charge is 2.13. The normalized spacial score (nSPS) is 10.7. The van der Waals surface area contributed by atoms with Crippen LogP contribution in [0.25, 0.3) is 10.8 Å². The van der Waals surface area contributed by atoms with Crippen LogP contribution in [0.1, 0.15) is 24.0 Å². The Bertz CT molecular complexity index is 837. The molecule has 2 aromatic carbocycles. The van der Waals surface area contributed by atoms with Crippen LogP contribution in [0.3, 0.4) is 0 Å². The molecule has 0 bridgehead atoms. The molecule has 0 saturated carbocycles. The van der Waals surface area contributed by atoms with Gasteiger partial charge in [0.2, 0.25) is 0 Å². The first-order chi connectivity index (χ1) is 13.2. The average Bonchev–Trinajstić information content (AvgIpc) is 2.61. The van der Waals surface area contributed by atoms with Crippen molar-refractivity contribution >= 4 is 10.8 Å². The molecule has 0 heterocycles. The fraction of sp³-hybridized carbons (Fsp3) is 0.300. The van der Waals surface area contributed by atoms with Crippen LogP contribution in [0.5, 0.6) is 11.5 Å². The van der Waals surface area contributed by atoms with Gasteiger partial charge >= 0.3 is 12.2 Å². The number of hydrogen-bond donors (Lipinski definition) is 0. The van der Waals surface area contributed by atoms with Gasteiger partial charge in [-0.2, -0.15) is 17.6 Å². The summed E-state index contributed by atoms with van der Waals surface area (Å²) >= 11 is 0. The van der Waals surface area contributed by atoms with E-state index in [1.807, 2.05) is 0 Å². The van der Waals surface area contributed by atoms with E-state index in [2.05, 4.69) is 0 Å². The van der Waals surface area contributed by atoms with Crippen LogP contribution in [0.2, 0.25) is 0 Å². The number of ether oxygens (including phenoxy) is 2. The molecule has 0 aliphatic carbocycles. The van der Waals surface area contributed by atoms with Crippen molar-refractivity contribution in [1.29, 1.82) is 0 Å². The second-order valence-electron chi connectivity index (χ2n) is 6.15. The first kappa shape index (κ1) is 21.7. The van der Waals surface area contributed by atoms with Crippen molar-refractivity contribution in [2.75, 3.05) is 13.2 Å². The smallest absolute Gasteiger partial charge is 0.301 e. The number of benzene rings is 2. The monoisotopic (exact) mass is 404 g/mol. The van der Waals surface area contributed by atoms with Crippen LogP contribution in [0.15, 0.2) is 48.1 Å². The molecule has 0 unspecified atom stereocenters. The summed E-state index contributed by atoms with van der Waals surface area (Å²) in [6, 6.07) is 6.86. The maximum atomic E-state index is 13.0. The fourth-order valence-electron chi connectivity index (χ4n) is 2.60. The largest absolute Gasteiger partial charge is 0.492 e. The lowest BCUT2D eigenvalue weighted by molar-refractivity contribution is 0.295. The Morgan fingerprint density at radius 3 is 1.32 bits per heavy atom. The van der Waals surface area contributed by atoms with Crippen LogP contribution in [-0.4, -0.2) is 13.2 Å². The molecule has 0 radical (unpaired) electrons. The Kier molecular flexibility index (Phi) is 7.37. The van der Waals surface area contributed by atoms with Crippen LogP contribution in [0.4, 0.5) is 26.3 Å². The summed E-state index contributed by atoms with van der Waals surface area (Å²) in [5.41, 5.74) is 1.51. The van der Waals surface area contributed by atoms with E-state index in [0.29, 0.717) is 22.3 Å². The SMILES string of the molecule is Cc1cc(OCCC(F)=C(F)F)c2cc(C)cc(OCCC(F)=C(F)F)c2c1. The van der Waals surface area contributed by atoms with E-state index >= 15 is 0 Å². The summed E-state index contributed by atoms with van der Waals surface area (Å²) in [6.45, 7) is 2.94. The molecule has 2 aromatic rings. The van der Waals surface area contributed by atoms with Gasteiger partial charge in [0.05, 0.1) is 13.2 Å². The summed E-state index contributed by atoms with van der Waals surface area (Å²) in [5, 5.41) is 1.16. The number of hydrogen-bond acceptors (Lipinski definition) is 2. The molecule has 2 nitrogen and oxygen atoms in total. The summed E-state index contributed by atoms with van der Waals surface area (Å²) in [4.78, 5) is 0. The third-order valence-corrected chi connectivity index (χ3v) is 3.85. The topological polar surface area (TPSA) is 18.5 Å². The molecular weight excluding hydrogens is 386 g/mol. The number of aryl methyl sites for hydroxylation is 2. The zero-order chi connectivity index (χ0) is 20.8. The molecule has 0 spiro atoms. The lowest BCUT2D eigenvalue weighted by Crippen LogP contribution is -2.02. The Hall–Kier alpha value is -2.64. The molecule has 2 rings (SSSR count). The van der Waals surface area contributed by atoms with Crippen molar-refractivity contribution < 1.29 is 35.8 Å². The van der Waals surface area contributed by atoms with E-state index in [0.717, 1.165) is 11.1 Å². The van der Waals surface area contributed by atoms with Crippen molar-refractivity contribution in [3.05, 3.63) is 59.2 Å². The maximum absolute atomic E-state index is 13.0. The summed E-state index contributed by atoms with van der Waals surface area (Å²) in [5.74, 6) is -2.38. The van der Waals surface area contributed by atoms with Gasteiger partial charge in [-0.15, -0.1) is 0 Å². The molecule has 152 valence electrons. The summed E-state index contributed by atoms with van der Waals surface area (Å²) in [6.07, 6.45) is -5.91. The van der Waals surface area contributed by atoms with E-state index in [1.165, 1.54) is 0 Å². The fourth-order valence-corrected chi connectivity index (χ4v) is 2.60. The molecule has 0 N–H and O–H groups in total. The molecule has 8 heteroatoms. The van der Waals surface area contributed by atoms with Gasteiger partial charge in [0.15, 0.2) is 11.7 Å². The van der Waals surface area contributed by atoms with Crippen molar-refractivity contribution in [2.45, 2.75) is 26.7 Å². The third kappa shape index (κ3) is 5.68. The van der Waals surface area contributed by atoms with Crippen molar-refractivity contribution in [3.63, 3.8) is 0 Å².